The molecule has 0 saturated carbocycles. The molecular weight excluding hydrogens is 297 g/mol. The zero-order valence-electron chi connectivity index (χ0n) is 10.6. The Kier molecular flexibility index (Phi) is 5.27. The number of esters is 1. The van der Waals surface area contributed by atoms with Crippen LogP contribution < -0.4 is 4.42 Å². The molecule has 0 N–H and O–H groups in total. The van der Waals surface area contributed by atoms with Gasteiger partial charge in [0.15, 0.2) is 6.07 Å². The molecule has 0 bridgehead atoms. The van der Waals surface area contributed by atoms with E-state index in [1.807, 2.05) is 42.5 Å². The van der Waals surface area contributed by atoms with E-state index in [9.17, 15) is 4.79 Å². The Bertz CT molecular complexity index is 558. The van der Waals surface area contributed by atoms with Crippen LogP contribution in [0.2, 0.25) is 0 Å². The van der Waals surface area contributed by atoms with E-state index in [0.717, 1.165) is 11.3 Å². The topological polar surface area (TPSA) is 29.5 Å². The quantitative estimate of drug-likeness (QED) is 0.471. The van der Waals surface area contributed by atoms with E-state index in [2.05, 4.69) is 0 Å². The first kappa shape index (κ1) is 14.7. The molecule has 0 aliphatic rings. The van der Waals surface area contributed by atoms with Crippen LogP contribution in [0.1, 0.15) is 15.9 Å². The molecule has 104 valence electrons. The number of ether oxygens (including phenoxy) is 1. The molecule has 2 aromatic rings. The molecule has 3 nitrogen and oxygen atoms in total. The summed E-state index contributed by atoms with van der Waals surface area (Å²) < 4.78 is 6.33. The van der Waals surface area contributed by atoms with Crippen molar-refractivity contribution in [1.82, 2.24) is 0 Å². The van der Waals surface area contributed by atoms with Crippen LogP contribution in [-0.2, 0) is 11.3 Å². The van der Waals surface area contributed by atoms with Gasteiger partial charge in [0.05, 0.1) is 17.8 Å². The summed E-state index contributed by atoms with van der Waals surface area (Å²) >= 11 is 11.6. The molecule has 0 atom stereocenters. The van der Waals surface area contributed by atoms with Crippen molar-refractivity contribution in [3.05, 3.63) is 65.7 Å². The average Bonchev–Trinajstić information content (AvgIpc) is 2.49. The number of benzene rings is 2. The smallest absolute Gasteiger partial charge is 0.339 e. The maximum atomic E-state index is 11.5. The summed E-state index contributed by atoms with van der Waals surface area (Å²) in [5.41, 5.74) is 2.38. The van der Waals surface area contributed by atoms with Gasteiger partial charge in [0.25, 0.3) is 0 Å². The van der Waals surface area contributed by atoms with Gasteiger partial charge in [0.1, 0.15) is 0 Å². The lowest BCUT2D eigenvalue weighted by molar-refractivity contribution is 0.0574. The monoisotopic (exact) mass is 309 g/mol. The van der Waals surface area contributed by atoms with E-state index in [4.69, 9.17) is 28.1 Å². The third-order valence-corrected chi connectivity index (χ3v) is 3.16. The van der Waals surface area contributed by atoms with Crippen molar-refractivity contribution in [3.63, 3.8) is 0 Å². The van der Waals surface area contributed by atoms with Crippen LogP contribution in [0.4, 0.5) is 5.69 Å². The Labute approximate surface area is 127 Å². The molecule has 0 fully saturated rings. The van der Waals surface area contributed by atoms with Gasteiger partial charge in [0, 0.05) is 11.8 Å². The van der Waals surface area contributed by atoms with Crippen molar-refractivity contribution >= 4 is 35.0 Å². The highest BCUT2D eigenvalue weighted by Gasteiger charge is 2.08. The number of rotatable bonds is 5. The first-order valence-corrected chi connectivity index (χ1v) is 6.88. The van der Waals surface area contributed by atoms with E-state index >= 15 is 0 Å². The lowest BCUT2D eigenvalue weighted by atomic mass is 10.1. The summed E-state index contributed by atoms with van der Waals surface area (Å²) in [7, 11) is 0. The number of para-hydroxylation sites is 1. The van der Waals surface area contributed by atoms with Crippen LogP contribution in [0.25, 0.3) is 0 Å². The molecule has 0 radical (unpaired) electrons. The minimum absolute atomic E-state index is 0.149. The van der Waals surface area contributed by atoms with Gasteiger partial charge in [0.2, 0.25) is 0 Å². The average molecular weight is 310 g/mol. The Hall–Kier alpha value is -1.71. The number of carbonyl (C=O) groups is 1. The van der Waals surface area contributed by atoms with Crippen molar-refractivity contribution < 1.29 is 9.53 Å². The first-order chi connectivity index (χ1) is 9.70. The molecule has 0 aromatic heterocycles. The van der Waals surface area contributed by atoms with Crippen LogP contribution in [0, 0.1) is 0 Å². The summed E-state index contributed by atoms with van der Waals surface area (Å²) in [5, 5.41) is 0. The maximum absolute atomic E-state index is 11.5. The van der Waals surface area contributed by atoms with Crippen LogP contribution >= 0.6 is 23.4 Å². The Morgan fingerprint density at radius 1 is 1.05 bits per heavy atom. The van der Waals surface area contributed by atoms with Gasteiger partial charge >= 0.3 is 5.97 Å². The van der Waals surface area contributed by atoms with E-state index in [0.29, 0.717) is 12.1 Å². The molecule has 0 aliphatic carbocycles. The fraction of sp³-hybridized carbons (Fsp3) is 0.133. The number of hydrogen-bond acceptors (Lipinski definition) is 3. The molecule has 5 heteroatoms. The maximum Gasteiger partial charge on any atom is 0.339 e. The summed E-state index contributed by atoms with van der Waals surface area (Å²) in [5.74, 6) is -0.433. The standard InChI is InChI=1S/C15H13Cl2NO2/c16-11-20-15(19)13-8-6-12(7-9-13)10-18(17)14-4-2-1-3-5-14/h1-9H,10-11H2. The van der Waals surface area contributed by atoms with Gasteiger partial charge in [-0.2, -0.15) is 0 Å². The van der Waals surface area contributed by atoms with Crippen molar-refractivity contribution in [1.29, 1.82) is 0 Å². The highest BCUT2D eigenvalue weighted by atomic mass is 35.5. The summed E-state index contributed by atoms with van der Waals surface area (Å²) in [6.07, 6.45) is 0. The van der Waals surface area contributed by atoms with Crippen molar-refractivity contribution in [2.24, 2.45) is 0 Å². The van der Waals surface area contributed by atoms with Gasteiger partial charge < -0.3 is 4.74 Å². The van der Waals surface area contributed by atoms with E-state index in [-0.39, 0.29) is 6.07 Å². The van der Waals surface area contributed by atoms with Crippen molar-refractivity contribution in [3.8, 4) is 0 Å². The molecule has 0 spiro atoms. The molecule has 20 heavy (non-hydrogen) atoms. The number of hydrogen-bond donors (Lipinski definition) is 0. The number of anilines is 1. The Balaban J connectivity index is 2.02. The fourth-order valence-corrected chi connectivity index (χ4v) is 2.07. The van der Waals surface area contributed by atoms with Crippen molar-refractivity contribution in [2.75, 3.05) is 10.5 Å². The molecular formula is C15H13Cl2NO2. The SMILES string of the molecule is O=C(OCCl)c1ccc(CN(Cl)c2ccccc2)cc1. The Morgan fingerprint density at radius 3 is 2.30 bits per heavy atom. The second-order valence-electron chi connectivity index (χ2n) is 4.09. The van der Waals surface area contributed by atoms with E-state index < -0.39 is 5.97 Å². The summed E-state index contributed by atoms with van der Waals surface area (Å²) in [6.45, 7) is 0.538. The van der Waals surface area contributed by atoms with Gasteiger partial charge in [-0.3, -0.25) is 4.42 Å². The van der Waals surface area contributed by atoms with E-state index in [1.54, 1.807) is 16.6 Å². The second-order valence-corrected chi connectivity index (χ2v) is 4.72. The third-order valence-electron chi connectivity index (χ3n) is 2.73. The summed E-state index contributed by atoms with van der Waals surface area (Å²) in [4.78, 5) is 11.5. The molecule has 2 rings (SSSR count). The lowest BCUT2D eigenvalue weighted by Crippen LogP contribution is -2.10. The minimum Gasteiger partial charge on any atom is -0.446 e. The van der Waals surface area contributed by atoms with Crippen LogP contribution in [0.5, 0.6) is 0 Å². The normalized spacial score (nSPS) is 10.1. The molecule has 0 heterocycles. The second kappa shape index (κ2) is 7.17. The molecule has 2 aromatic carbocycles. The number of nitrogens with zero attached hydrogens (tertiary/aromatic N) is 1. The molecule has 0 amide bonds. The van der Waals surface area contributed by atoms with Crippen LogP contribution in [-0.4, -0.2) is 12.0 Å². The first-order valence-electron chi connectivity index (χ1n) is 6.01. The largest absolute Gasteiger partial charge is 0.446 e. The number of halogens is 2. The van der Waals surface area contributed by atoms with Gasteiger partial charge in [-0.05, 0) is 29.8 Å². The molecule has 0 aliphatic heterocycles. The molecule has 0 unspecified atom stereocenters. The van der Waals surface area contributed by atoms with E-state index in [1.165, 1.54) is 0 Å². The van der Waals surface area contributed by atoms with Gasteiger partial charge in [-0.25, -0.2) is 4.79 Å². The number of carbonyl (C=O) groups excluding carboxylic acids is 1. The zero-order chi connectivity index (χ0) is 14.4. The van der Waals surface area contributed by atoms with Crippen LogP contribution in [0.3, 0.4) is 0 Å². The van der Waals surface area contributed by atoms with Gasteiger partial charge in [-0.15, -0.1) is 0 Å². The zero-order valence-corrected chi connectivity index (χ0v) is 12.1. The minimum atomic E-state index is -0.433. The van der Waals surface area contributed by atoms with Crippen molar-refractivity contribution in [2.45, 2.75) is 6.54 Å². The highest BCUT2D eigenvalue weighted by Crippen LogP contribution is 2.19. The summed E-state index contributed by atoms with van der Waals surface area (Å²) in [6, 6.07) is 16.6. The fourth-order valence-electron chi connectivity index (χ4n) is 1.72. The van der Waals surface area contributed by atoms with Crippen LogP contribution in [0.15, 0.2) is 54.6 Å². The predicted octanol–water partition coefficient (Wildman–Crippen LogP) is 4.20. The highest BCUT2D eigenvalue weighted by molar-refractivity contribution is 6.25. The molecule has 0 saturated heterocycles. The predicted molar refractivity (Wildman–Crippen MR) is 81.1 cm³/mol. The Morgan fingerprint density at radius 2 is 1.70 bits per heavy atom. The third kappa shape index (κ3) is 3.89. The van der Waals surface area contributed by atoms with Gasteiger partial charge in [-0.1, -0.05) is 41.9 Å². The number of alkyl halides is 1. The lowest BCUT2D eigenvalue weighted by Gasteiger charge is -2.15.